The smallest absolute Gasteiger partial charge is 0.345 e. The number of alkyl halides is 6. The Labute approximate surface area is 88.0 Å². The average molecular weight is 251 g/mol. The summed E-state index contributed by atoms with van der Waals surface area (Å²) >= 11 is 0. The summed E-state index contributed by atoms with van der Waals surface area (Å²) in [5.41, 5.74) is 0. The van der Waals surface area contributed by atoms with Crippen LogP contribution < -0.4 is 5.32 Å². The molecule has 16 heavy (non-hydrogen) atoms. The minimum absolute atomic E-state index is 0.400. The molecule has 0 rings (SSSR count). The molecule has 0 heterocycles. The van der Waals surface area contributed by atoms with E-state index in [9.17, 15) is 31.1 Å². The van der Waals surface area contributed by atoms with Gasteiger partial charge in [-0.05, 0) is 13.3 Å². The van der Waals surface area contributed by atoms with Crippen LogP contribution in [0.3, 0.4) is 0 Å². The van der Waals surface area contributed by atoms with Crippen molar-refractivity contribution in [2.45, 2.75) is 38.7 Å². The zero-order chi connectivity index (χ0) is 13.1. The van der Waals surface area contributed by atoms with E-state index < -0.39 is 36.6 Å². The lowest BCUT2D eigenvalue weighted by Crippen LogP contribution is -2.48. The van der Waals surface area contributed by atoms with Crippen molar-refractivity contribution in [3.63, 3.8) is 0 Å². The van der Waals surface area contributed by atoms with E-state index in [1.54, 1.807) is 0 Å². The molecule has 96 valence electrons. The highest BCUT2D eigenvalue weighted by Gasteiger charge is 2.45. The summed E-state index contributed by atoms with van der Waals surface area (Å²) in [6.45, 7) is 2.08. The molecule has 2 atom stereocenters. The first-order valence-electron chi connectivity index (χ1n) is 4.44. The van der Waals surface area contributed by atoms with Crippen LogP contribution in [0.15, 0.2) is 0 Å². The van der Waals surface area contributed by atoms with Gasteiger partial charge in [0.2, 0.25) is 0 Å². The van der Waals surface area contributed by atoms with Crippen LogP contribution in [0, 0.1) is 5.92 Å². The Kier molecular flexibility index (Phi) is 4.63. The van der Waals surface area contributed by atoms with Crippen LogP contribution in [0.5, 0.6) is 0 Å². The van der Waals surface area contributed by atoms with E-state index in [1.165, 1.54) is 12.2 Å². The molecule has 0 spiro atoms. The van der Waals surface area contributed by atoms with E-state index in [4.69, 9.17) is 0 Å². The SMILES string of the molecule is CCC(C(C)NC(=O)C(F)(F)F)C(F)(F)F. The van der Waals surface area contributed by atoms with Gasteiger partial charge in [-0.25, -0.2) is 0 Å². The number of hydrogen-bond acceptors (Lipinski definition) is 1. The lowest BCUT2D eigenvalue weighted by atomic mass is 9.97. The normalized spacial score (nSPS) is 16.8. The molecule has 2 nitrogen and oxygen atoms in total. The predicted octanol–water partition coefficient (Wildman–Crippen LogP) is 2.64. The van der Waals surface area contributed by atoms with Crippen molar-refractivity contribution in [1.82, 2.24) is 5.32 Å². The van der Waals surface area contributed by atoms with Crippen LogP contribution in [0.2, 0.25) is 0 Å². The molecule has 0 fully saturated rings. The topological polar surface area (TPSA) is 29.1 Å². The summed E-state index contributed by atoms with van der Waals surface area (Å²) in [5, 5.41) is 1.29. The van der Waals surface area contributed by atoms with Crippen molar-refractivity contribution in [3.8, 4) is 0 Å². The molecule has 2 unspecified atom stereocenters. The Hall–Kier alpha value is -0.950. The van der Waals surface area contributed by atoms with E-state index in [1.807, 2.05) is 0 Å². The van der Waals surface area contributed by atoms with E-state index in [2.05, 4.69) is 0 Å². The maximum atomic E-state index is 12.3. The van der Waals surface area contributed by atoms with Crippen LogP contribution in [0.25, 0.3) is 0 Å². The number of amides is 1. The van der Waals surface area contributed by atoms with Gasteiger partial charge in [0.1, 0.15) is 0 Å². The number of rotatable bonds is 3. The summed E-state index contributed by atoms with van der Waals surface area (Å²) < 4.78 is 72.2. The van der Waals surface area contributed by atoms with Gasteiger partial charge in [-0.1, -0.05) is 6.92 Å². The molecular formula is C8H11F6NO. The third kappa shape index (κ3) is 4.28. The largest absolute Gasteiger partial charge is 0.471 e. The molecule has 0 aromatic rings. The average Bonchev–Trinajstić information content (AvgIpc) is 2.00. The Morgan fingerprint density at radius 2 is 1.62 bits per heavy atom. The quantitative estimate of drug-likeness (QED) is 0.767. The molecule has 0 saturated carbocycles. The first-order valence-corrected chi connectivity index (χ1v) is 4.44. The van der Waals surface area contributed by atoms with Crippen LogP contribution in [0.4, 0.5) is 26.3 Å². The molecular weight excluding hydrogens is 240 g/mol. The highest BCUT2D eigenvalue weighted by Crippen LogP contribution is 2.31. The Bertz CT molecular complexity index is 246. The van der Waals surface area contributed by atoms with Gasteiger partial charge in [0.25, 0.3) is 0 Å². The molecule has 0 aliphatic rings. The number of halogens is 6. The van der Waals surface area contributed by atoms with Crippen LogP contribution >= 0.6 is 0 Å². The van der Waals surface area contributed by atoms with E-state index in [0.29, 0.717) is 0 Å². The van der Waals surface area contributed by atoms with E-state index in [-0.39, 0.29) is 0 Å². The van der Waals surface area contributed by atoms with Crippen molar-refractivity contribution in [1.29, 1.82) is 0 Å². The molecule has 0 saturated heterocycles. The molecule has 1 amide bonds. The maximum absolute atomic E-state index is 12.3. The second-order valence-electron chi connectivity index (χ2n) is 3.32. The van der Waals surface area contributed by atoms with E-state index in [0.717, 1.165) is 6.92 Å². The summed E-state index contributed by atoms with van der Waals surface area (Å²) in [6.07, 6.45) is -10.2. The Morgan fingerprint density at radius 1 is 1.19 bits per heavy atom. The molecule has 1 N–H and O–H groups in total. The molecule has 8 heteroatoms. The van der Waals surface area contributed by atoms with Gasteiger partial charge < -0.3 is 5.32 Å². The highest BCUT2D eigenvalue weighted by atomic mass is 19.4. The summed E-state index contributed by atoms with van der Waals surface area (Å²) in [6, 6.07) is -1.61. The standard InChI is InChI=1S/C8H11F6NO/c1-3-5(7(9,10)11)4(2)15-6(16)8(12,13)14/h4-5H,3H2,1-2H3,(H,15,16). The fourth-order valence-electron chi connectivity index (χ4n) is 1.26. The summed E-state index contributed by atoms with van der Waals surface area (Å²) in [4.78, 5) is 10.4. The van der Waals surface area contributed by atoms with Crippen molar-refractivity contribution >= 4 is 5.91 Å². The van der Waals surface area contributed by atoms with Gasteiger partial charge >= 0.3 is 18.3 Å². The monoisotopic (exact) mass is 251 g/mol. The second kappa shape index (κ2) is 4.92. The molecule has 0 aliphatic carbocycles. The van der Waals surface area contributed by atoms with Crippen LogP contribution in [-0.2, 0) is 4.79 Å². The Balaban J connectivity index is 4.57. The second-order valence-corrected chi connectivity index (χ2v) is 3.32. The molecule has 0 aliphatic heterocycles. The van der Waals surface area contributed by atoms with Gasteiger partial charge in [0, 0.05) is 6.04 Å². The predicted molar refractivity (Wildman–Crippen MR) is 43.5 cm³/mol. The van der Waals surface area contributed by atoms with Gasteiger partial charge in [-0.15, -0.1) is 0 Å². The lowest BCUT2D eigenvalue weighted by Gasteiger charge is -2.26. The summed E-state index contributed by atoms with van der Waals surface area (Å²) in [5.74, 6) is -4.35. The summed E-state index contributed by atoms with van der Waals surface area (Å²) in [7, 11) is 0. The fourth-order valence-corrected chi connectivity index (χ4v) is 1.26. The lowest BCUT2D eigenvalue weighted by molar-refractivity contribution is -0.189. The Morgan fingerprint density at radius 3 is 1.88 bits per heavy atom. The maximum Gasteiger partial charge on any atom is 0.471 e. The molecule has 0 bridgehead atoms. The molecule has 0 aromatic heterocycles. The zero-order valence-electron chi connectivity index (χ0n) is 8.54. The van der Waals surface area contributed by atoms with Crippen LogP contribution in [-0.4, -0.2) is 24.3 Å². The number of carbonyl (C=O) groups is 1. The first-order chi connectivity index (χ1) is 7.00. The number of carbonyl (C=O) groups excluding carboxylic acids is 1. The van der Waals surface area contributed by atoms with Crippen molar-refractivity contribution < 1.29 is 31.1 Å². The first kappa shape index (κ1) is 15.0. The number of nitrogens with one attached hydrogen (secondary N) is 1. The minimum atomic E-state index is -5.17. The van der Waals surface area contributed by atoms with Crippen molar-refractivity contribution in [2.24, 2.45) is 5.92 Å². The van der Waals surface area contributed by atoms with Crippen molar-refractivity contribution in [2.75, 3.05) is 0 Å². The van der Waals surface area contributed by atoms with Gasteiger partial charge in [-0.2, -0.15) is 26.3 Å². The van der Waals surface area contributed by atoms with Gasteiger partial charge in [0.05, 0.1) is 5.92 Å². The number of hydrogen-bond donors (Lipinski definition) is 1. The zero-order valence-corrected chi connectivity index (χ0v) is 8.54. The molecule has 0 radical (unpaired) electrons. The fraction of sp³-hybridized carbons (Fsp3) is 0.875. The van der Waals surface area contributed by atoms with Crippen LogP contribution in [0.1, 0.15) is 20.3 Å². The molecule has 0 aromatic carbocycles. The van der Waals surface area contributed by atoms with Crippen molar-refractivity contribution in [3.05, 3.63) is 0 Å². The third-order valence-electron chi connectivity index (χ3n) is 2.08. The highest BCUT2D eigenvalue weighted by molar-refractivity contribution is 5.81. The van der Waals surface area contributed by atoms with Gasteiger partial charge in [-0.3, -0.25) is 4.79 Å². The minimum Gasteiger partial charge on any atom is -0.345 e. The third-order valence-corrected chi connectivity index (χ3v) is 2.08. The van der Waals surface area contributed by atoms with E-state index >= 15 is 0 Å². The van der Waals surface area contributed by atoms with Gasteiger partial charge in [0.15, 0.2) is 0 Å².